The van der Waals surface area contributed by atoms with E-state index in [1.54, 1.807) is 0 Å². The third-order valence-corrected chi connectivity index (χ3v) is 4.17. The van der Waals surface area contributed by atoms with Crippen LogP contribution < -0.4 is 31.1 Å². The van der Waals surface area contributed by atoms with Crippen molar-refractivity contribution in [3.05, 3.63) is 18.3 Å². The molecule has 0 spiro atoms. The molecular weight excluding hydrogens is 442 g/mol. The van der Waals surface area contributed by atoms with Gasteiger partial charge in [-0.3, -0.25) is 4.57 Å². The van der Waals surface area contributed by atoms with Crippen molar-refractivity contribution in [1.29, 1.82) is 0 Å². The van der Waals surface area contributed by atoms with Gasteiger partial charge in [0.05, 0.1) is 37.0 Å². The van der Waals surface area contributed by atoms with Crippen LogP contribution in [0.25, 0.3) is 11.2 Å². The maximum Gasteiger partial charge on any atom is 0.205 e. The lowest BCUT2D eigenvalue weighted by molar-refractivity contribution is -0.345. The number of imidazole rings is 1. The average Bonchev–Trinajstić information content (AvgIpc) is 3.12. The van der Waals surface area contributed by atoms with E-state index in [0.29, 0.717) is 12.6 Å². The van der Waals surface area contributed by atoms with Crippen molar-refractivity contribution in [3.63, 3.8) is 0 Å². The molecule has 33 heavy (non-hydrogen) atoms. The summed E-state index contributed by atoms with van der Waals surface area (Å²) in [6.07, 6.45) is 4.07. The van der Waals surface area contributed by atoms with E-state index in [-0.39, 0.29) is 0 Å². The van der Waals surface area contributed by atoms with E-state index in [1.165, 1.54) is 0 Å². The number of fused-ring (bicyclic) bond motifs is 1. The van der Waals surface area contributed by atoms with Gasteiger partial charge in [0.25, 0.3) is 0 Å². The number of carbonyl (C=O) groups excluding carboxylic acids is 4. The Morgan fingerprint density at radius 1 is 1.09 bits per heavy atom. The van der Waals surface area contributed by atoms with Crippen molar-refractivity contribution in [1.82, 2.24) is 19.9 Å². The summed E-state index contributed by atoms with van der Waals surface area (Å²) in [6, 6.07) is 4.41. The molecule has 1 aliphatic rings. The Bertz CT molecular complexity index is 893. The molecular formula is C19H23N5O9-4. The van der Waals surface area contributed by atoms with Crippen molar-refractivity contribution in [3.8, 4) is 0 Å². The van der Waals surface area contributed by atoms with Crippen molar-refractivity contribution < 1.29 is 44.3 Å². The molecule has 1 aliphatic heterocycles. The van der Waals surface area contributed by atoms with Gasteiger partial charge in [-0.05, 0) is 45.0 Å². The molecule has 0 aliphatic carbocycles. The van der Waals surface area contributed by atoms with Gasteiger partial charge in [0.15, 0.2) is 5.65 Å². The van der Waals surface area contributed by atoms with E-state index >= 15 is 0 Å². The lowest BCUT2D eigenvalue weighted by Gasteiger charge is -2.24. The van der Waals surface area contributed by atoms with E-state index in [1.807, 2.05) is 25.3 Å². The summed E-state index contributed by atoms with van der Waals surface area (Å²) in [5.74, 6) is -7.83. The normalized spacial score (nSPS) is 13.1. The summed E-state index contributed by atoms with van der Waals surface area (Å²) in [5, 5.41) is 42.7. The van der Waals surface area contributed by atoms with Crippen LogP contribution in [0.5, 0.6) is 0 Å². The maximum atomic E-state index is 8.93. The lowest BCUT2D eigenvalue weighted by atomic mass is 10.1. The van der Waals surface area contributed by atoms with Crippen molar-refractivity contribution in [2.75, 3.05) is 31.6 Å². The number of carboxylic acid groups (broad SMARTS) is 4. The van der Waals surface area contributed by atoms with Crippen molar-refractivity contribution in [2.24, 2.45) is 0 Å². The van der Waals surface area contributed by atoms with Gasteiger partial charge in [0, 0.05) is 18.8 Å². The van der Waals surface area contributed by atoms with Crippen molar-refractivity contribution in [2.45, 2.75) is 32.4 Å². The van der Waals surface area contributed by atoms with Gasteiger partial charge in [0.2, 0.25) is 5.95 Å². The first-order chi connectivity index (χ1) is 15.7. The van der Waals surface area contributed by atoms with Gasteiger partial charge in [0.1, 0.15) is 5.52 Å². The number of carboxylic acids is 4. The molecule has 3 heterocycles. The fourth-order valence-electron chi connectivity index (χ4n) is 2.73. The van der Waals surface area contributed by atoms with Crippen LogP contribution in [0, 0.1) is 0 Å². The molecule has 0 bridgehead atoms. The Hall–Kier alpha value is -3.78. The molecule has 2 aromatic rings. The number of aromatic nitrogens is 3. The number of anilines is 1. The van der Waals surface area contributed by atoms with E-state index in [4.69, 9.17) is 49.3 Å². The zero-order valence-corrected chi connectivity index (χ0v) is 17.8. The van der Waals surface area contributed by atoms with Gasteiger partial charge in [-0.15, -0.1) is 0 Å². The molecule has 182 valence electrons. The van der Waals surface area contributed by atoms with E-state index in [0.717, 1.165) is 56.2 Å². The molecule has 0 aromatic carbocycles. The standard InChI is InChI=1S/C15H23N5O.2C2H2O4/c1-2-21-11-10-20-14-13(4-3-7-17-14)19-15(20)18-12-5-8-16-9-6-12;2*3-1(4)2(5)6/h3-4,7,12,16H,2,5-6,8-11H2,1H3,(H,18,19);2*(H,3,4)(H,5,6)/p-4. The highest BCUT2D eigenvalue weighted by molar-refractivity contribution is 6.25. The predicted octanol–water partition coefficient (Wildman–Crippen LogP) is -5.40. The topological polar surface area (TPSA) is 225 Å². The maximum absolute atomic E-state index is 8.93. The Balaban J connectivity index is 0.000000377. The molecule has 0 amide bonds. The SMILES string of the molecule is CCOCCn1c(NC2CCNCC2)nc2cccnc21.O=C([O-])C(=O)[O-].O=C([O-])C(=O)[O-]. The van der Waals surface area contributed by atoms with E-state index < -0.39 is 23.9 Å². The number of hydrogen-bond acceptors (Lipinski definition) is 13. The summed E-state index contributed by atoms with van der Waals surface area (Å²) >= 11 is 0. The molecule has 1 saturated heterocycles. The number of piperidine rings is 1. The number of rotatable bonds is 6. The Labute approximate surface area is 188 Å². The number of pyridine rings is 1. The number of nitrogens with zero attached hydrogens (tertiary/aromatic N) is 3. The lowest BCUT2D eigenvalue weighted by Crippen LogP contribution is -2.42. The average molecular weight is 465 g/mol. The minimum absolute atomic E-state index is 0.480. The Morgan fingerprint density at radius 2 is 1.67 bits per heavy atom. The number of aliphatic carboxylic acids is 4. The summed E-state index contributed by atoms with van der Waals surface area (Å²) in [6.45, 7) is 6.33. The molecule has 0 radical (unpaired) electrons. The highest BCUT2D eigenvalue weighted by Gasteiger charge is 2.17. The zero-order valence-electron chi connectivity index (χ0n) is 17.8. The zero-order chi connectivity index (χ0) is 24.8. The fraction of sp³-hybridized carbons (Fsp3) is 0.474. The van der Waals surface area contributed by atoms with Crippen LogP contribution in [-0.2, 0) is 30.5 Å². The summed E-state index contributed by atoms with van der Waals surface area (Å²) in [5.41, 5.74) is 1.86. The molecule has 0 atom stereocenters. The summed E-state index contributed by atoms with van der Waals surface area (Å²) in [4.78, 5) is 44.9. The van der Waals surface area contributed by atoms with E-state index in [2.05, 4.69) is 20.2 Å². The molecule has 0 saturated carbocycles. The highest BCUT2D eigenvalue weighted by Crippen LogP contribution is 2.19. The second-order valence-electron chi connectivity index (χ2n) is 6.45. The largest absolute Gasteiger partial charge is 0.543 e. The second kappa shape index (κ2) is 14.3. The smallest absolute Gasteiger partial charge is 0.205 e. The quantitative estimate of drug-likeness (QED) is 0.300. The third-order valence-electron chi connectivity index (χ3n) is 4.17. The molecule has 3 rings (SSSR count). The first-order valence-corrected chi connectivity index (χ1v) is 9.88. The fourth-order valence-corrected chi connectivity index (χ4v) is 2.73. The minimum atomic E-state index is -2.19. The van der Waals surface area contributed by atoms with Gasteiger partial charge in [-0.25, -0.2) is 9.97 Å². The molecule has 2 aromatic heterocycles. The van der Waals surface area contributed by atoms with Crippen LogP contribution in [0.2, 0.25) is 0 Å². The highest BCUT2D eigenvalue weighted by atomic mass is 16.5. The first-order valence-electron chi connectivity index (χ1n) is 9.88. The number of ether oxygens (including phenoxy) is 1. The van der Waals surface area contributed by atoms with Gasteiger partial charge < -0.3 is 55.0 Å². The summed E-state index contributed by atoms with van der Waals surface area (Å²) < 4.78 is 7.62. The monoisotopic (exact) mass is 465 g/mol. The third kappa shape index (κ3) is 9.92. The number of nitrogens with one attached hydrogen (secondary N) is 2. The minimum Gasteiger partial charge on any atom is -0.543 e. The molecule has 2 N–H and O–H groups in total. The first kappa shape index (κ1) is 27.3. The van der Waals surface area contributed by atoms with Crippen LogP contribution in [0.15, 0.2) is 18.3 Å². The summed E-state index contributed by atoms with van der Waals surface area (Å²) in [7, 11) is 0. The van der Waals surface area contributed by atoms with Gasteiger partial charge >= 0.3 is 0 Å². The number of hydrogen-bond donors (Lipinski definition) is 2. The molecule has 14 nitrogen and oxygen atoms in total. The van der Waals surface area contributed by atoms with Gasteiger partial charge in [-0.1, -0.05) is 0 Å². The second-order valence-corrected chi connectivity index (χ2v) is 6.45. The van der Waals surface area contributed by atoms with Gasteiger partial charge in [-0.2, -0.15) is 0 Å². The van der Waals surface area contributed by atoms with Crippen LogP contribution in [0.4, 0.5) is 5.95 Å². The predicted molar refractivity (Wildman–Crippen MR) is 104 cm³/mol. The van der Waals surface area contributed by atoms with E-state index in [9.17, 15) is 0 Å². The molecule has 1 fully saturated rings. The van der Waals surface area contributed by atoms with Crippen LogP contribution in [0.1, 0.15) is 19.8 Å². The number of carbonyl (C=O) groups is 4. The van der Waals surface area contributed by atoms with Crippen LogP contribution in [-0.4, -0.2) is 70.8 Å². The molecule has 0 unspecified atom stereocenters. The van der Waals surface area contributed by atoms with Crippen LogP contribution in [0.3, 0.4) is 0 Å². The van der Waals surface area contributed by atoms with Crippen molar-refractivity contribution >= 4 is 41.0 Å². The Morgan fingerprint density at radius 3 is 2.18 bits per heavy atom. The molecule has 14 heteroatoms. The van der Waals surface area contributed by atoms with Crippen LogP contribution >= 0.6 is 0 Å². The Kier molecular flexibility index (Phi) is 11.8.